The zero-order chi connectivity index (χ0) is 12.4. The highest BCUT2D eigenvalue weighted by molar-refractivity contribution is 5.48. The minimum atomic E-state index is -0.514. The second-order valence-corrected chi connectivity index (χ2v) is 4.34. The zero-order valence-corrected chi connectivity index (χ0v) is 9.61. The molecule has 1 aromatic rings. The number of nitro groups is 1. The first-order valence-corrected chi connectivity index (χ1v) is 5.61. The fraction of sp³-hybridized carbons (Fsp3) is 0.545. The van der Waals surface area contributed by atoms with E-state index in [1.54, 1.807) is 6.07 Å². The van der Waals surface area contributed by atoms with Crippen LogP contribution in [0.2, 0.25) is 0 Å². The lowest BCUT2D eigenvalue weighted by atomic mass is 10.0. The minimum Gasteiger partial charge on any atom is -0.394 e. The third kappa shape index (κ3) is 2.21. The molecule has 1 saturated heterocycles. The quantitative estimate of drug-likeness (QED) is 0.631. The van der Waals surface area contributed by atoms with E-state index in [1.807, 2.05) is 0 Å². The Morgan fingerprint density at radius 1 is 1.65 bits per heavy atom. The van der Waals surface area contributed by atoms with Crippen molar-refractivity contribution >= 4 is 11.5 Å². The standard InChI is InChI=1S/C11H15N3O3/c1-8-4-5-13(10(8)7-15)9-2-3-11(12-6-9)14(16)17/h2-3,6,8,10,15H,4-5,7H2,1H3. The second kappa shape index (κ2) is 4.67. The summed E-state index contributed by atoms with van der Waals surface area (Å²) in [6.45, 7) is 3.05. The van der Waals surface area contributed by atoms with Crippen LogP contribution in [0.1, 0.15) is 13.3 Å². The van der Waals surface area contributed by atoms with Gasteiger partial charge in [0.1, 0.15) is 0 Å². The van der Waals surface area contributed by atoms with Crippen molar-refractivity contribution < 1.29 is 10.0 Å². The second-order valence-electron chi connectivity index (χ2n) is 4.34. The number of aliphatic hydroxyl groups is 1. The number of aromatic nitrogens is 1. The fourth-order valence-corrected chi connectivity index (χ4v) is 2.26. The molecule has 0 radical (unpaired) electrons. The molecule has 2 rings (SSSR count). The Morgan fingerprint density at radius 2 is 2.41 bits per heavy atom. The number of hydrogen-bond acceptors (Lipinski definition) is 5. The van der Waals surface area contributed by atoms with Gasteiger partial charge >= 0.3 is 5.82 Å². The van der Waals surface area contributed by atoms with E-state index in [1.165, 1.54) is 12.3 Å². The van der Waals surface area contributed by atoms with Crippen LogP contribution in [-0.2, 0) is 0 Å². The van der Waals surface area contributed by atoms with E-state index in [4.69, 9.17) is 0 Å². The van der Waals surface area contributed by atoms with Crippen molar-refractivity contribution in [2.24, 2.45) is 5.92 Å². The van der Waals surface area contributed by atoms with Crippen LogP contribution < -0.4 is 4.90 Å². The summed E-state index contributed by atoms with van der Waals surface area (Å²) in [6.07, 6.45) is 2.51. The molecule has 92 valence electrons. The molecular weight excluding hydrogens is 222 g/mol. The Labute approximate surface area is 99.0 Å². The largest absolute Gasteiger partial charge is 0.394 e. The molecule has 1 fully saturated rings. The first-order valence-electron chi connectivity index (χ1n) is 5.61. The van der Waals surface area contributed by atoms with Gasteiger partial charge in [-0.3, -0.25) is 0 Å². The summed E-state index contributed by atoms with van der Waals surface area (Å²) in [5, 5.41) is 19.8. The van der Waals surface area contributed by atoms with Crippen molar-refractivity contribution in [3.05, 3.63) is 28.4 Å². The zero-order valence-electron chi connectivity index (χ0n) is 9.61. The molecule has 0 amide bonds. The molecule has 0 aliphatic carbocycles. The molecule has 2 unspecified atom stereocenters. The molecule has 0 spiro atoms. The molecule has 0 saturated carbocycles. The summed E-state index contributed by atoms with van der Waals surface area (Å²) in [4.78, 5) is 15.8. The van der Waals surface area contributed by atoms with E-state index < -0.39 is 4.92 Å². The summed E-state index contributed by atoms with van der Waals surface area (Å²) in [5.41, 5.74) is 0.832. The van der Waals surface area contributed by atoms with Crippen molar-refractivity contribution in [1.82, 2.24) is 4.98 Å². The number of aliphatic hydroxyl groups excluding tert-OH is 1. The number of hydrogen-bond donors (Lipinski definition) is 1. The summed E-state index contributed by atoms with van der Waals surface area (Å²) in [5.74, 6) is 0.275. The van der Waals surface area contributed by atoms with Gasteiger partial charge in [-0.2, -0.15) is 0 Å². The van der Waals surface area contributed by atoms with Crippen molar-refractivity contribution in [1.29, 1.82) is 0 Å². The van der Waals surface area contributed by atoms with Crippen LogP contribution in [0.3, 0.4) is 0 Å². The molecule has 0 bridgehead atoms. The van der Waals surface area contributed by atoms with Crippen molar-refractivity contribution in [3.8, 4) is 0 Å². The van der Waals surface area contributed by atoms with Crippen molar-refractivity contribution in [2.75, 3.05) is 18.1 Å². The van der Waals surface area contributed by atoms with Gasteiger partial charge in [-0.05, 0) is 28.3 Å². The number of anilines is 1. The molecule has 6 heteroatoms. The van der Waals surface area contributed by atoms with Gasteiger partial charge in [0.25, 0.3) is 0 Å². The van der Waals surface area contributed by atoms with E-state index in [2.05, 4.69) is 16.8 Å². The first-order chi connectivity index (χ1) is 8.13. The Kier molecular flexibility index (Phi) is 3.23. The molecule has 6 nitrogen and oxygen atoms in total. The Morgan fingerprint density at radius 3 is 2.94 bits per heavy atom. The molecule has 0 aromatic carbocycles. The van der Waals surface area contributed by atoms with Gasteiger partial charge < -0.3 is 20.1 Å². The number of nitrogens with zero attached hydrogens (tertiary/aromatic N) is 3. The molecule has 2 heterocycles. The van der Waals surface area contributed by atoms with Crippen LogP contribution in [0, 0.1) is 16.0 Å². The van der Waals surface area contributed by atoms with Gasteiger partial charge in [-0.1, -0.05) is 6.92 Å². The maximum atomic E-state index is 10.5. The monoisotopic (exact) mass is 237 g/mol. The average Bonchev–Trinajstić information content (AvgIpc) is 2.70. The Bertz CT molecular complexity index is 407. The van der Waals surface area contributed by atoms with Gasteiger partial charge in [0.05, 0.1) is 18.3 Å². The van der Waals surface area contributed by atoms with Crippen LogP contribution in [-0.4, -0.2) is 34.2 Å². The molecule has 2 atom stereocenters. The van der Waals surface area contributed by atoms with Crippen LogP contribution in [0.5, 0.6) is 0 Å². The maximum absolute atomic E-state index is 10.5. The van der Waals surface area contributed by atoms with Gasteiger partial charge in [0.15, 0.2) is 6.20 Å². The smallest absolute Gasteiger partial charge is 0.363 e. The van der Waals surface area contributed by atoms with Crippen molar-refractivity contribution in [3.63, 3.8) is 0 Å². The van der Waals surface area contributed by atoms with Crippen molar-refractivity contribution in [2.45, 2.75) is 19.4 Å². The normalized spacial score (nSPS) is 24.0. The van der Waals surface area contributed by atoms with E-state index in [0.717, 1.165) is 18.7 Å². The van der Waals surface area contributed by atoms with E-state index in [9.17, 15) is 15.2 Å². The van der Waals surface area contributed by atoms with Gasteiger partial charge in [0.2, 0.25) is 0 Å². The van der Waals surface area contributed by atoms with Gasteiger partial charge in [-0.25, -0.2) is 0 Å². The Hall–Kier alpha value is -1.69. The van der Waals surface area contributed by atoms with E-state index in [-0.39, 0.29) is 18.5 Å². The third-order valence-electron chi connectivity index (χ3n) is 3.32. The lowest BCUT2D eigenvalue weighted by Gasteiger charge is -2.26. The van der Waals surface area contributed by atoms with E-state index in [0.29, 0.717) is 5.92 Å². The molecule has 1 aliphatic heterocycles. The Balaban J connectivity index is 2.20. The van der Waals surface area contributed by atoms with E-state index >= 15 is 0 Å². The average molecular weight is 237 g/mol. The lowest BCUT2D eigenvalue weighted by molar-refractivity contribution is -0.389. The van der Waals surface area contributed by atoms with Crippen LogP contribution in [0.15, 0.2) is 18.3 Å². The minimum absolute atomic E-state index is 0.0817. The molecule has 1 N–H and O–H groups in total. The summed E-state index contributed by atoms with van der Waals surface area (Å²) in [6, 6.07) is 3.16. The molecular formula is C11H15N3O3. The lowest BCUT2D eigenvalue weighted by Crippen LogP contribution is -2.35. The number of pyridine rings is 1. The van der Waals surface area contributed by atoms with Gasteiger partial charge in [-0.15, -0.1) is 0 Å². The highest BCUT2D eigenvalue weighted by atomic mass is 16.6. The molecule has 17 heavy (non-hydrogen) atoms. The fourth-order valence-electron chi connectivity index (χ4n) is 2.26. The van der Waals surface area contributed by atoms with Gasteiger partial charge in [0, 0.05) is 12.6 Å². The first kappa shape index (κ1) is 11.8. The predicted molar refractivity (Wildman–Crippen MR) is 62.9 cm³/mol. The van der Waals surface area contributed by atoms with Crippen LogP contribution in [0.25, 0.3) is 0 Å². The highest BCUT2D eigenvalue weighted by Crippen LogP contribution is 2.29. The summed E-state index contributed by atoms with van der Waals surface area (Å²) in [7, 11) is 0. The molecule has 1 aromatic heterocycles. The summed E-state index contributed by atoms with van der Waals surface area (Å²) < 4.78 is 0. The maximum Gasteiger partial charge on any atom is 0.363 e. The molecule has 1 aliphatic rings. The third-order valence-corrected chi connectivity index (χ3v) is 3.32. The number of rotatable bonds is 3. The highest BCUT2D eigenvalue weighted by Gasteiger charge is 2.31. The topological polar surface area (TPSA) is 79.5 Å². The van der Waals surface area contributed by atoms with Crippen LogP contribution in [0.4, 0.5) is 11.5 Å². The predicted octanol–water partition coefficient (Wildman–Crippen LogP) is 1.20. The van der Waals surface area contributed by atoms with Crippen LogP contribution >= 0.6 is 0 Å². The summed E-state index contributed by atoms with van der Waals surface area (Å²) >= 11 is 0. The SMILES string of the molecule is CC1CCN(c2ccc([N+](=O)[O-])nc2)C1CO.